The average molecular weight is 319 g/mol. The molecule has 0 aliphatic heterocycles. The highest BCUT2D eigenvalue weighted by Gasteiger charge is 2.21. The largest absolute Gasteiger partial charge is 0.367 e. The summed E-state index contributed by atoms with van der Waals surface area (Å²) >= 11 is 3.52. The van der Waals surface area contributed by atoms with Gasteiger partial charge in [0.2, 0.25) is 0 Å². The predicted octanol–water partition coefficient (Wildman–Crippen LogP) is 3.87. The molecule has 4 nitrogen and oxygen atoms in total. The Morgan fingerprint density at radius 1 is 1.16 bits per heavy atom. The number of hydrogen-bond acceptors (Lipinski definition) is 4. The van der Waals surface area contributed by atoms with E-state index in [-0.39, 0.29) is 0 Å². The van der Waals surface area contributed by atoms with Crippen LogP contribution in [0.15, 0.2) is 34.8 Å². The highest BCUT2D eigenvalue weighted by molar-refractivity contribution is 9.10. The van der Waals surface area contributed by atoms with Crippen LogP contribution in [0, 0.1) is 6.92 Å². The third-order valence-corrected chi connectivity index (χ3v) is 3.60. The summed E-state index contributed by atoms with van der Waals surface area (Å²) < 4.78 is 1.02. The molecule has 1 aromatic carbocycles. The van der Waals surface area contributed by atoms with Crippen molar-refractivity contribution in [3.8, 4) is 0 Å². The summed E-state index contributed by atoms with van der Waals surface area (Å²) in [6.45, 7) is 1.91. The molecule has 1 aliphatic rings. The van der Waals surface area contributed by atoms with Gasteiger partial charge in [-0.15, -0.1) is 0 Å². The maximum atomic E-state index is 4.41. The van der Waals surface area contributed by atoms with E-state index in [2.05, 4.69) is 36.5 Å². The number of nitrogens with one attached hydrogen (secondary N) is 2. The van der Waals surface area contributed by atoms with E-state index in [1.807, 2.05) is 37.3 Å². The lowest BCUT2D eigenvalue weighted by molar-refractivity contribution is 1.02. The first-order chi connectivity index (χ1) is 9.20. The molecule has 19 heavy (non-hydrogen) atoms. The molecule has 0 saturated heterocycles. The van der Waals surface area contributed by atoms with Crippen LogP contribution in [-0.4, -0.2) is 16.0 Å². The summed E-state index contributed by atoms with van der Waals surface area (Å²) in [4.78, 5) is 8.82. The fourth-order valence-corrected chi connectivity index (χ4v) is 2.23. The first kappa shape index (κ1) is 12.4. The van der Waals surface area contributed by atoms with Crippen LogP contribution < -0.4 is 10.6 Å². The second kappa shape index (κ2) is 5.17. The summed E-state index contributed by atoms with van der Waals surface area (Å²) in [7, 11) is 0. The topological polar surface area (TPSA) is 49.8 Å². The molecule has 2 N–H and O–H groups in total. The van der Waals surface area contributed by atoms with Crippen molar-refractivity contribution in [1.82, 2.24) is 9.97 Å². The summed E-state index contributed by atoms with van der Waals surface area (Å²) in [5.74, 6) is 2.47. The molecule has 2 aromatic rings. The molecule has 1 heterocycles. The molecule has 0 spiro atoms. The van der Waals surface area contributed by atoms with Gasteiger partial charge in [0.15, 0.2) is 0 Å². The minimum Gasteiger partial charge on any atom is -0.367 e. The fourth-order valence-electron chi connectivity index (χ4n) is 1.84. The first-order valence-electron chi connectivity index (χ1n) is 6.34. The number of nitrogens with zero attached hydrogens (tertiary/aromatic N) is 2. The van der Waals surface area contributed by atoms with Crippen LogP contribution in [0.3, 0.4) is 0 Å². The minimum atomic E-state index is 0.589. The van der Waals surface area contributed by atoms with Gasteiger partial charge in [0.1, 0.15) is 17.5 Å². The zero-order chi connectivity index (χ0) is 13.2. The lowest BCUT2D eigenvalue weighted by atomic mass is 10.3. The molecule has 1 saturated carbocycles. The van der Waals surface area contributed by atoms with Gasteiger partial charge in [0.05, 0.1) is 5.69 Å². The maximum absolute atomic E-state index is 4.41. The van der Waals surface area contributed by atoms with Crippen molar-refractivity contribution in [1.29, 1.82) is 0 Å². The van der Waals surface area contributed by atoms with Crippen LogP contribution >= 0.6 is 15.9 Å². The average Bonchev–Trinajstić information content (AvgIpc) is 3.15. The normalized spacial score (nSPS) is 14.2. The van der Waals surface area contributed by atoms with Gasteiger partial charge < -0.3 is 10.6 Å². The van der Waals surface area contributed by atoms with E-state index in [4.69, 9.17) is 0 Å². The van der Waals surface area contributed by atoms with Crippen LogP contribution in [0.2, 0.25) is 0 Å². The van der Waals surface area contributed by atoms with Gasteiger partial charge in [-0.2, -0.15) is 0 Å². The summed E-state index contributed by atoms with van der Waals surface area (Å²) in [5.41, 5.74) is 0.998. The quantitative estimate of drug-likeness (QED) is 0.898. The summed E-state index contributed by atoms with van der Waals surface area (Å²) in [6, 6.07) is 10.5. The molecule has 1 fully saturated rings. The molecule has 0 bridgehead atoms. The van der Waals surface area contributed by atoms with Crippen molar-refractivity contribution in [3.05, 3.63) is 40.6 Å². The molecule has 1 aromatic heterocycles. The van der Waals surface area contributed by atoms with Crippen molar-refractivity contribution in [2.75, 3.05) is 10.6 Å². The smallest absolute Gasteiger partial charge is 0.136 e. The van der Waals surface area contributed by atoms with E-state index in [1.54, 1.807) is 0 Å². The molecular weight excluding hydrogens is 304 g/mol. The van der Waals surface area contributed by atoms with Crippen LogP contribution in [0.1, 0.15) is 18.7 Å². The van der Waals surface area contributed by atoms with Gasteiger partial charge in [0.25, 0.3) is 0 Å². The SMILES string of the molecule is Cc1nc(Nc2ccccc2Br)cc(NC2CC2)n1. The number of hydrogen-bond donors (Lipinski definition) is 2. The highest BCUT2D eigenvalue weighted by Crippen LogP contribution is 2.27. The Bertz CT molecular complexity index is 596. The Kier molecular flexibility index (Phi) is 3.38. The second-order valence-corrected chi connectivity index (χ2v) is 5.56. The van der Waals surface area contributed by atoms with Gasteiger partial charge >= 0.3 is 0 Å². The van der Waals surface area contributed by atoms with Crippen molar-refractivity contribution in [2.45, 2.75) is 25.8 Å². The first-order valence-corrected chi connectivity index (χ1v) is 7.14. The maximum Gasteiger partial charge on any atom is 0.136 e. The highest BCUT2D eigenvalue weighted by atomic mass is 79.9. The van der Waals surface area contributed by atoms with Crippen LogP contribution in [-0.2, 0) is 0 Å². The van der Waals surface area contributed by atoms with Crippen LogP contribution in [0.5, 0.6) is 0 Å². The molecule has 0 radical (unpaired) electrons. The van der Waals surface area contributed by atoms with E-state index in [0.717, 1.165) is 27.6 Å². The van der Waals surface area contributed by atoms with Gasteiger partial charge in [0, 0.05) is 16.6 Å². The molecule has 0 amide bonds. The monoisotopic (exact) mass is 318 g/mol. The number of halogens is 1. The van der Waals surface area contributed by atoms with Crippen LogP contribution in [0.4, 0.5) is 17.3 Å². The Labute approximate surface area is 120 Å². The fraction of sp³-hybridized carbons (Fsp3) is 0.286. The van der Waals surface area contributed by atoms with Gasteiger partial charge in [-0.05, 0) is 47.8 Å². The zero-order valence-corrected chi connectivity index (χ0v) is 12.2. The lowest BCUT2D eigenvalue weighted by Gasteiger charge is -2.10. The number of aromatic nitrogens is 2. The molecule has 98 valence electrons. The standard InChI is InChI=1S/C14H15BrN4/c1-9-16-13(18-10-6-7-10)8-14(17-9)19-12-5-3-2-4-11(12)15/h2-5,8,10H,6-7H2,1H3,(H2,16,17,18,19). The van der Waals surface area contributed by atoms with E-state index in [0.29, 0.717) is 6.04 Å². The Balaban J connectivity index is 1.83. The summed E-state index contributed by atoms with van der Waals surface area (Å²) in [5, 5.41) is 6.70. The zero-order valence-electron chi connectivity index (χ0n) is 10.7. The lowest BCUT2D eigenvalue weighted by Crippen LogP contribution is -2.06. The minimum absolute atomic E-state index is 0.589. The Morgan fingerprint density at radius 2 is 1.89 bits per heavy atom. The predicted molar refractivity (Wildman–Crippen MR) is 80.8 cm³/mol. The van der Waals surface area contributed by atoms with E-state index < -0.39 is 0 Å². The molecular formula is C14H15BrN4. The van der Waals surface area contributed by atoms with E-state index in [1.165, 1.54) is 12.8 Å². The number of anilines is 3. The summed E-state index contributed by atoms with van der Waals surface area (Å²) in [6.07, 6.45) is 2.46. The molecule has 5 heteroatoms. The molecule has 0 unspecified atom stereocenters. The number of para-hydroxylation sites is 1. The van der Waals surface area contributed by atoms with Crippen molar-refractivity contribution in [2.24, 2.45) is 0 Å². The second-order valence-electron chi connectivity index (χ2n) is 4.71. The molecule has 0 atom stereocenters. The third kappa shape index (κ3) is 3.23. The van der Waals surface area contributed by atoms with Gasteiger partial charge in [-0.3, -0.25) is 0 Å². The number of aryl methyl sites for hydroxylation is 1. The van der Waals surface area contributed by atoms with Gasteiger partial charge in [-0.1, -0.05) is 12.1 Å². The molecule has 1 aliphatic carbocycles. The third-order valence-electron chi connectivity index (χ3n) is 2.90. The van der Waals surface area contributed by atoms with Crippen molar-refractivity contribution < 1.29 is 0 Å². The number of benzene rings is 1. The Morgan fingerprint density at radius 3 is 2.63 bits per heavy atom. The van der Waals surface area contributed by atoms with Crippen LogP contribution in [0.25, 0.3) is 0 Å². The van der Waals surface area contributed by atoms with Crippen molar-refractivity contribution in [3.63, 3.8) is 0 Å². The number of rotatable bonds is 4. The van der Waals surface area contributed by atoms with E-state index in [9.17, 15) is 0 Å². The Hall–Kier alpha value is -1.62. The molecule has 3 rings (SSSR count). The van der Waals surface area contributed by atoms with Gasteiger partial charge in [-0.25, -0.2) is 9.97 Å². The van der Waals surface area contributed by atoms with Crippen molar-refractivity contribution >= 4 is 33.3 Å². The van der Waals surface area contributed by atoms with E-state index >= 15 is 0 Å².